The zero-order valence-electron chi connectivity index (χ0n) is 11.6. The van der Waals surface area contributed by atoms with Crippen molar-refractivity contribution in [3.8, 4) is 11.5 Å². The van der Waals surface area contributed by atoms with Gasteiger partial charge in [-0.25, -0.2) is 0 Å². The van der Waals surface area contributed by atoms with E-state index in [4.69, 9.17) is 15.2 Å². The first-order valence-electron chi connectivity index (χ1n) is 6.40. The second-order valence-corrected chi connectivity index (χ2v) is 4.98. The molecule has 0 aromatic heterocycles. The molecule has 1 amide bonds. The van der Waals surface area contributed by atoms with Crippen LogP contribution in [0.1, 0.15) is 19.4 Å². The highest BCUT2D eigenvalue weighted by atomic mass is 16.7. The molecule has 1 aromatic carbocycles. The SMILES string of the molecule is CC(N)C(=O)N(C)C(C)Cc1ccc2c(c1)OCO2. The number of nitrogens with two attached hydrogens (primary N) is 1. The molecule has 0 bridgehead atoms. The van der Waals surface area contributed by atoms with E-state index in [9.17, 15) is 4.79 Å². The van der Waals surface area contributed by atoms with Crippen molar-refractivity contribution in [2.24, 2.45) is 5.73 Å². The normalized spacial score (nSPS) is 16.0. The van der Waals surface area contributed by atoms with Gasteiger partial charge in [0.2, 0.25) is 12.7 Å². The van der Waals surface area contributed by atoms with Gasteiger partial charge in [0.1, 0.15) is 0 Å². The zero-order valence-corrected chi connectivity index (χ0v) is 11.6. The van der Waals surface area contributed by atoms with Gasteiger partial charge in [0.25, 0.3) is 0 Å². The maximum Gasteiger partial charge on any atom is 0.239 e. The standard InChI is InChI=1S/C14H20N2O3/c1-9(16(3)14(17)10(2)15)6-11-4-5-12-13(7-11)19-8-18-12/h4-5,7,9-10H,6,8,15H2,1-3H3. The quantitative estimate of drug-likeness (QED) is 0.886. The van der Waals surface area contributed by atoms with Crippen molar-refractivity contribution in [3.05, 3.63) is 23.8 Å². The minimum atomic E-state index is -0.468. The first-order chi connectivity index (χ1) is 8.99. The fraction of sp³-hybridized carbons (Fsp3) is 0.500. The number of carbonyl (C=O) groups is 1. The van der Waals surface area contributed by atoms with Crippen LogP contribution in [0.15, 0.2) is 18.2 Å². The highest BCUT2D eigenvalue weighted by molar-refractivity contribution is 5.81. The second kappa shape index (κ2) is 5.48. The number of ether oxygens (including phenoxy) is 2. The van der Waals surface area contributed by atoms with E-state index >= 15 is 0 Å². The lowest BCUT2D eigenvalue weighted by atomic mass is 10.1. The number of benzene rings is 1. The number of carbonyl (C=O) groups excluding carboxylic acids is 1. The molecule has 1 aromatic rings. The van der Waals surface area contributed by atoms with E-state index in [1.165, 1.54) is 0 Å². The van der Waals surface area contributed by atoms with E-state index in [1.807, 2.05) is 25.1 Å². The Hall–Kier alpha value is -1.75. The Morgan fingerprint density at radius 1 is 1.37 bits per heavy atom. The Bertz CT molecular complexity index is 474. The molecule has 1 heterocycles. The molecule has 0 saturated carbocycles. The van der Waals surface area contributed by atoms with E-state index in [0.717, 1.165) is 23.5 Å². The molecule has 0 aliphatic carbocycles. The number of rotatable bonds is 4. The van der Waals surface area contributed by atoms with Gasteiger partial charge < -0.3 is 20.1 Å². The maximum atomic E-state index is 11.8. The van der Waals surface area contributed by atoms with Gasteiger partial charge in [-0.3, -0.25) is 4.79 Å². The van der Waals surface area contributed by atoms with Crippen molar-refractivity contribution in [2.75, 3.05) is 13.8 Å². The van der Waals surface area contributed by atoms with Crippen molar-refractivity contribution in [2.45, 2.75) is 32.4 Å². The summed E-state index contributed by atoms with van der Waals surface area (Å²) >= 11 is 0. The van der Waals surface area contributed by atoms with Crippen molar-refractivity contribution < 1.29 is 14.3 Å². The van der Waals surface area contributed by atoms with Crippen LogP contribution in [-0.2, 0) is 11.2 Å². The Morgan fingerprint density at radius 3 is 2.74 bits per heavy atom. The monoisotopic (exact) mass is 264 g/mol. The lowest BCUT2D eigenvalue weighted by Crippen LogP contribution is -2.44. The molecule has 2 rings (SSSR count). The molecule has 2 N–H and O–H groups in total. The topological polar surface area (TPSA) is 64.8 Å². The van der Waals surface area contributed by atoms with Crippen LogP contribution in [0, 0.1) is 0 Å². The van der Waals surface area contributed by atoms with Gasteiger partial charge in [-0.1, -0.05) is 6.07 Å². The van der Waals surface area contributed by atoms with Gasteiger partial charge in [-0.15, -0.1) is 0 Å². The summed E-state index contributed by atoms with van der Waals surface area (Å²) in [5.41, 5.74) is 6.73. The van der Waals surface area contributed by atoms with Gasteiger partial charge in [0.15, 0.2) is 11.5 Å². The van der Waals surface area contributed by atoms with Crippen molar-refractivity contribution in [1.29, 1.82) is 0 Å². The molecule has 5 nitrogen and oxygen atoms in total. The molecule has 0 saturated heterocycles. The molecule has 0 spiro atoms. The largest absolute Gasteiger partial charge is 0.454 e. The summed E-state index contributed by atoms with van der Waals surface area (Å²) in [5, 5.41) is 0. The molecule has 1 aliphatic heterocycles. The fourth-order valence-electron chi connectivity index (χ4n) is 2.08. The van der Waals surface area contributed by atoms with Crippen LogP contribution in [0.3, 0.4) is 0 Å². The summed E-state index contributed by atoms with van der Waals surface area (Å²) in [6.07, 6.45) is 0.756. The van der Waals surface area contributed by atoms with E-state index in [2.05, 4.69) is 0 Å². The van der Waals surface area contributed by atoms with Crippen LogP contribution in [0.25, 0.3) is 0 Å². The van der Waals surface area contributed by atoms with Crippen LogP contribution < -0.4 is 15.2 Å². The van der Waals surface area contributed by atoms with Crippen LogP contribution in [-0.4, -0.2) is 36.7 Å². The summed E-state index contributed by atoms with van der Waals surface area (Å²) in [7, 11) is 1.78. The van der Waals surface area contributed by atoms with Gasteiger partial charge in [0, 0.05) is 13.1 Å². The third kappa shape index (κ3) is 2.98. The van der Waals surface area contributed by atoms with Crippen LogP contribution in [0.4, 0.5) is 0 Å². The second-order valence-electron chi connectivity index (χ2n) is 4.98. The molecule has 0 radical (unpaired) electrons. The highest BCUT2D eigenvalue weighted by Crippen LogP contribution is 2.32. The van der Waals surface area contributed by atoms with E-state index in [-0.39, 0.29) is 18.7 Å². The van der Waals surface area contributed by atoms with Crippen LogP contribution in [0.2, 0.25) is 0 Å². The van der Waals surface area contributed by atoms with Gasteiger partial charge in [-0.05, 0) is 38.0 Å². The fourth-order valence-corrected chi connectivity index (χ4v) is 2.08. The summed E-state index contributed by atoms with van der Waals surface area (Å²) < 4.78 is 10.6. The van der Waals surface area contributed by atoms with Crippen molar-refractivity contribution in [3.63, 3.8) is 0 Å². The first kappa shape index (κ1) is 13.7. The molecule has 0 fully saturated rings. The smallest absolute Gasteiger partial charge is 0.239 e. The molecule has 5 heteroatoms. The molecule has 19 heavy (non-hydrogen) atoms. The Labute approximate surface area is 113 Å². The van der Waals surface area contributed by atoms with Crippen LogP contribution in [0.5, 0.6) is 11.5 Å². The molecule has 2 unspecified atom stereocenters. The average molecular weight is 264 g/mol. The number of likely N-dealkylation sites (N-methyl/N-ethyl adjacent to an activating group) is 1. The van der Waals surface area contributed by atoms with Gasteiger partial charge in [0.05, 0.1) is 6.04 Å². The zero-order chi connectivity index (χ0) is 14.0. The highest BCUT2D eigenvalue weighted by Gasteiger charge is 2.20. The number of nitrogens with zero attached hydrogens (tertiary/aromatic N) is 1. The van der Waals surface area contributed by atoms with E-state index < -0.39 is 6.04 Å². The van der Waals surface area contributed by atoms with Crippen molar-refractivity contribution >= 4 is 5.91 Å². The predicted octanol–water partition coefficient (Wildman–Crippen LogP) is 1.15. The summed E-state index contributed by atoms with van der Waals surface area (Å²) in [4.78, 5) is 13.5. The van der Waals surface area contributed by atoms with Crippen LogP contribution >= 0.6 is 0 Å². The molecule has 1 aliphatic rings. The summed E-state index contributed by atoms with van der Waals surface area (Å²) in [6.45, 7) is 3.98. The number of hydrogen-bond acceptors (Lipinski definition) is 4. The maximum absolute atomic E-state index is 11.8. The number of hydrogen-bond donors (Lipinski definition) is 1. The molecule has 2 atom stereocenters. The first-order valence-corrected chi connectivity index (χ1v) is 6.40. The van der Waals surface area contributed by atoms with E-state index in [1.54, 1.807) is 18.9 Å². The predicted molar refractivity (Wildman–Crippen MR) is 72.2 cm³/mol. The van der Waals surface area contributed by atoms with Gasteiger partial charge >= 0.3 is 0 Å². The summed E-state index contributed by atoms with van der Waals surface area (Å²) in [5.74, 6) is 1.50. The van der Waals surface area contributed by atoms with Crippen molar-refractivity contribution in [1.82, 2.24) is 4.90 Å². The molecular formula is C14H20N2O3. The minimum absolute atomic E-state index is 0.0479. The Balaban J connectivity index is 2.02. The lowest BCUT2D eigenvalue weighted by Gasteiger charge is -2.26. The number of amides is 1. The third-order valence-corrected chi connectivity index (χ3v) is 3.37. The summed E-state index contributed by atoms with van der Waals surface area (Å²) in [6, 6.07) is 5.47. The van der Waals surface area contributed by atoms with Gasteiger partial charge in [-0.2, -0.15) is 0 Å². The Morgan fingerprint density at radius 2 is 2.05 bits per heavy atom. The lowest BCUT2D eigenvalue weighted by molar-refractivity contribution is -0.132. The number of fused-ring (bicyclic) bond motifs is 1. The minimum Gasteiger partial charge on any atom is -0.454 e. The third-order valence-electron chi connectivity index (χ3n) is 3.37. The molecule has 104 valence electrons. The average Bonchev–Trinajstić information content (AvgIpc) is 2.84. The Kier molecular flexibility index (Phi) is 3.95. The van der Waals surface area contributed by atoms with E-state index in [0.29, 0.717) is 0 Å². The molecular weight excluding hydrogens is 244 g/mol.